The number of ether oxygens (including phenoxy) is 1. The van der Waals surface area contributed by atoms with E-state index in [-0.39, 0.29) is 23.0 Å². The van der Waals surface area contributed by atoms with Crippen LogP contribution in [0.2, 0.25) is 5.02 Å². The van der Waals surface area contributed by atoms with E-state index in [1.165, 1.54) is 22.3 Å². The quantitative estimate of drug-likeness (QED) is 0.384. The first-order valence-electron chi connectivity index (χ1n) is 14.9. The van der Waals surface area contributed by atoms with Crippen molar-refractivity contribution in [3.63, 3.8) is 0 Å². The highest BCUT2D eigenvalue weighted by Crippen LogP contribution is 2.66. The molecule has 4 aliphatic carbocycles. The van der Waals surface area contributed by atoms with Crippen molar-refractivity contribution < 1.29 is 19.4 Å². The van der Waals surface area contributed by atoms with E-state index >= 15 is 0 Å². The first kappa shape index (κ1) is 28.8. The molecule has 0 saturated heterocycles. The van der Waals surface area contributed by atoms with Crippen LogP contribution in [0.5, 0.6) is 5.75 Å². The lowest BCUT2D eigenvalue weighted by Gasteiger charge is -2.53. The van der Waals surface area contributed by atoms with Crippen molar-refractivity contribution >= 4 is 29.0 Å². The maximum atomic E-state index is 13.3. The molecular weight excluding hydrogens is 546 g/mol. The zero-order chi connectivity index (χ0) is 29.8. The van der Waals surface area contributed by atoms with Gasteiger partial charge < -0.3 is 14.7 Å². The molecule has 42 heavy (non-hydrogen) atoms. The van der Waals surface area contributed by atoms with E-state index in [0.717, 1.165) is 37.8 Å². The van der Waals surface area contributed by atoms with Gasteiger partial charge in [-0.05, 0) is 110 Å². The fraction of sp³-hybridized carbons (Fsp3) is 0.444. The van der Waals surface area contributed by atoms with Crippen LogP contribution in [0.15, 0.2) is 65.3 Å². The number of hydrogen-bond donors (Lipinski definition) is 1. The Balaban J connectivity index is 1.37. The van der Waals surface area contributed by atoms with Crippen molar-refractivity contribution in [3.05, 3.63) is 81.4 Å². The summed E-state index contributed by atoms with van der Waals surface area (Å²) in [6.07, 6.45) is 7.65. The van der Waals surface area contributed by atoms with Gasteiger partial charge in [0, 0.05) is 36.1 Å². The molecule has 2 fully saturated rings. The van der Waals surface area contributed by atoms with Gasteiger partial charge in [-0.15, -0.1) is 5.92 Å². The number of carbonyl (C=O) groups is 2. The predicted octanol–water partition coefficient (Wildman–Crippen LogP) is 7.28. The molecule has 0 aliphatic heterocycles. The van der Waals surface area contributed by atoms with Gasteiger partial charge in [0.25, 0.3) is 5.91 Å². The number of ketones is 1. The number of nitrogens with zero attached hydrogens (tertiary/aromatic N) is 1. The smallest absolute Gasteiger partial charge is 0.258 e. The fourth-order valence-electron chi connectivity index (χ4n) is 8.42. The second-order valence-electron chi connectivity index (χ2n) is 12.6. The van der Waals surface area contributed by atoms with Crippen LogP contribution in [0, 0.1) is 29.1 Å². The molecule has 0 spiro atoms. The highest BCUT2D eigenvalue weighted by Gasteiger charge is 2.62. The minimum atomic E-state index is -1.01. The molecule has 2 saturated carbocycles. The molecule has 2 aromatic rings. The summed E-state index contributed by atoms with van der Waals surface area (Å²) in [5, 5.41) is 12.3. The van der Waals surface area contributed by atoms with Crippen molar-refractivity contribution in [2.45, 2.75) is 70.3 Å². The predicted molar refractivity (Wildman–Crippen MR) is 166 cm³/mol. The molecule has 218 valence electrons. The zero-order valence-corrected chi connectivity index (χ0v) is 25.6. The summed E-state index contributed by atoms with van der Waals surface area (Å²) in [6, 6.07) is 13.3. The summed E-state index contributed by atoms with van der Waals surface area (Å²) < 4.78 is 5.23. The summed E-state index contributed by atoms with van der Waals surface area (Å²) in [4.78, 5) is 27.3. The third-order valence-electron chi connectivity index (χ3n) is 10.6. The average Bonchev–Trinajstić information content (AvgIpc) is 3.25. The number of benzene rings is 2. The average molecular weight is 584 g/mol. The lowest BCUT2D eigenvalue weighted by Crippen LogP contribution is -2.51. The molecular formula is C36H38ClNO4. The largest absolute Gasteiger partial charge is 0.495 e. The van der Waals surface area contributed by atoms with Crippen molar-refractivity contribution in [1.82, 2.24) is 0 Å². The fourth-order valence-corrected chi connectivity index (χ4v) is 8.67. The summed E-state index contributed by atoms with van der Waals surface area (Å²) >= 11 is 6.28. The Morgan fingerprint density at radius 1 is 1.12 bits per heavy atom. The maximum absolute atomic E-state index is 13.3. The standard InChI is InChI=1S/C36H38ClNO4/c1-5-17-36(41)18-16-30-28-13-8-23-19-26(39)12-14-27(23)33(28)29(21-35(30,36)2)22-6-10-25(11-7-22)38(3)34(40)24-9-15-32(42-4)31(37)20-24/h6-7,9-11,15,19-20,28-30,41H,8,12-14,16,18,21H2,1-4H3/t28-,29+,30-,35-,36-/m0/s1. The number of halogens is 1. The molecule has 4 aliphatic rings. The van der Waals surface area contributed by atoms with Crippen molar-refractivity contribution in [1.29, 1.82) is 0 Å². The number of fused-ring (bicyclic) bond motifs is 4. The molecule has 5 atom stereocenters. The highest BCUT2D eigenvalue weighted by molar-refractivity contribution is 6.32. The highest BCUT2D eigenvalue weighted by atomic mass is 35.5. The van der Waals surface area contributed by atoms with Crippen LogP contribution < -0.4 is 9.64 Å². The van der Waals surface area contributed by atoms with Crippen LogP contribution in [0.1, 0.15) is 80.6 Å². The van der Waals surface area contributed by atoms with Gasteiger partial charge in [0.05, 0.1) is 12.1 Å². The summed E-state index contributed by atoms with van der Waals surface area (Å²) in [6.45, 7) is 4.06. The minimum absolute atomic E-state index is 0.113. The van der Waals surface area contributed by atoms with Crippen LogP contribution in [-0.4, -0.2) is 36.6 Å². The second kappa shape index (κ2) is 10.7. The molecule has 6 rings (SSSR count). The Morgan fingerprint density at radius 2 is 1.88 bits per heavy atom. The molecule has 0 unspecified atom stereocenters. The number of aliphatic hydroxyl groups is 1. The Hall–Kier alpha value is -3.33. The minimum Gasteiger partial charge on any atom is -0.495 e. The van der Waals surface area contributed by atoms with E-state index in [2.05, 4.69) is 30.9 Å². The van der Waals surface area contributed by atoms with Crippen molar-refractivity contribution in [2.75, 3.05) is 19.1 Å². The van der Waals surface area contributed by atoms with Gasteiger partial charge in [-0.2, -0.15) is 0 Å². The number of amides is 1. The van der Waals surface area contributed by atoms with E-state index in [4.69, 9.17) is 16.3 Å². The second-order valence-corrected chi connectivity index (χ2v) is 13.0. The summed E-state index contributed by atoms with van der Waals surface area (Å²) in [5.41, 5.74) is 5.17. The number of rotatable bonds is 4. The number of anilines is 1. The lowest BCUT2D eigenvalue weighted by atomic mass is 9.51. The molecule has 0 bridgehead atoms. The molecule has 1 amide bonds. The number of carbonyl (C=O) groups excluding carboxylic acids is 2. The number of allylic oxidation sites excluding steroid dienone is 4. The van der Waals surface area contributed by atoms with Crippen LogP contribution >= 0.6 is 11.6 Å². The zero-order valence-electron chi connectivity index (χ0n) is 24.8. The normalized spacial score (nSPS) is 29.9. The molecule has 6 heteroatoms. The monoisotopic (exact) mass is 583 g/mol. The van der Waals surface area contributed by atoms with Crippen LogP contribution in [-0.2, 0) is 4.79 Å². The van der Waals surface area contributed by atoms with Gasteiger partial charge in [0.2, 0.25) is 0 Å². The van der Waals surface area contributed by atoms with Crippen molar-refractivity contribution in [3.8, 4) is 17.6 Å². The van der Waals surface area contributed by atoms with Crippen LogP contribution in [0.4, 0.5) is 5.69 Å². The summed E-state index contributed by atoms with van der Waals surface area (Å²) in [5.74, 6) is 7.69. The first-order valence-corrected chi connectivity index (χ1v) is 15.3. The van der Waals surface area contributed by atoms with E-state index in [1.807, 2.05) is 25.1 Å². The molecule has 2 aromatic carbocycles. The van der Waals surface area contributed by atoms with Crippen LogP contribution in [0.3, 0.4) is 0 Å². The Labute approximate surface area is 253 Å². The molecule has 0 radical (unpaired) electrons. The number of hydrogen-bond acceptors (Lipinski definition) is 4. The Morgan fingerprint density at radius 3 is 2.57 bits per heavy atom. The van der Waals surface area contributed by atoms with Gasteiger partial charge in [-0.1, -0.05) is 42.2 Å². The maximum Gasteiger partial charge on any atom is 0.258 e. The van der Waals surface area contributed by atoms with Gasteiger partial charge in [-0.25, -0.2) is 0 Å². The third-order valence-corrected chi connectivity index (χ3v) is 10.9. The summed E-state index contributed by atoms with van der Waals surface area (Å²) in [7, 11) is 3.31. The molecule has 0 aromatic heterocycles. The first-order chi connectivity index (χ1) is 20.1. The Bertz CT molecular complexity index is 1580. The van der Waals surface area contributed by atoms with E-state index in [0.29, 0.717) is 41.0 Å². The van der Waals surface area contributed by atoms with E-state index in [9.17, 15) is 14.7 Å². The van der Waals surface area contributed by atoms with Crippen molar-refractivity contribution in [2.24, 2.45) is 17.3 Å². The SMILES string of the molecule is CC#C[C@]1(O)CC[C@H]2[C@@H]3CCC4=CC(=O)CCC4=C3[C@@H](c3ccc(N(C)C(=O)c4ccc(OC)c(Cl)c4)cc3)C[C@@]21C. The topological polar surface area (TPSA) is 66.8 Å². The van der Waals surface area contributed by atoms with Gasteiger partial charge in [0.15, 0.2) is 5.78 Å². The Kier molecular flexibility index (Phi) is 7.36. The molecule has 5 nitrogen and oxygen atoms in total. The van der Waals surface area contributed by atoms with Gasteiger partial charge >= 0.3 is 0 Å². The van der Waals surface area contributed by atoms with E-state index < -0.39 is 5.60 Å². The van der Waals surface area contributed by atoms with Crippen LogP contribution in [0.25, 0.3) is 0 Å². The number of methoxy groups -OCH3 is 1. The molecule has 1 N–H and O–H groups in total. The van der Waals surface area contributed by atoms with E-state index in [1.54, 1.807) is 37.3 Å². The third kappa shape index (κ3) is 4.51. The molecule has 0 heterocycles. The lowest BCUT2D eigenvalue weighted by molar-refractivity contribution is -0.114. The van der Waals surface area contributed by atoms with Gasteiger partial charge in [-0.3, -0.25) is 9.59 Å². The van der Waals surface area contributed by atoms with Gasteiger partial charge in [0.1, 0.15) is 11.4 Å².